The Kier molecular flexibility index (Phi) is 1.86. The Morgan fingerprint density at radius 2 is 2.06 bits per heavy atom. The summed E-state index contributed by atoms with van der Waals surface area (Å²) < 4.78 is 13.5. The number of anilines is 2. The van der Waals surface area contributed by atoms with Crippen LogP contribution in [0.1, 0.15) is 32.3 Å². The SMILES string of the molecule is CC1(C)C(=O)N(C2CC2)c2cc(N)c(F)cc21. The molecule has 1 aliphatic carbocycles. The van der Waals surface area contributed by atoms with E-state index in [2.05, 4.69) is 0 Å². The first-order valence-corrected chi connectivity index (χ1v) is 5.86. The zero-order valence-corrected chi connectivity index (χ0v) is 9.96. The van der Waals surface area contributed by atoms with Crippen molar-refractivity contribution in [2.24, 2.45) is 0 Å². The molecule has 0 atom stereocenters. The highest BCUT2D eigenvalue weighted by Crippen LogP contribution is 2.47. The minimum atomic E-state index is -0.646. The molecule has 3 nitrogen and oxygen atoms in total. The Hall–Kier alpha value is -1.58. The van der Waals surface area contributed by atoms with E-state index in [1.54, 1.807) is 11.0 Å². The maximum Gasteiger partial charge on any atom is 0.237 e. The van der Waals surface area contributed by atoms with Crippen LogP contribution < -0.4 is 10.6 Å². The fourth-order valence-electron chi connectivity index (χ4n) is 2.50. The lowest BCUT2D eigenvalue weighted by Crippen LogP contribution is -2.37. The van der Waals surface area contributed by atoms with Gasteiger partial charge in [-0.25, -0.2) is 4.39 Å². The Balaban J connectivity index is 2.22. The molecule has 0 aromatic heterocycles. The monoisotopic (exact) mass is 234 g/mol. The third kappa shape index (κ3) is 1.30. The van der Waals surface area contributed by atoms with Gasteiger partial charge in [0.15, 0.2) is 0 Å². The van der Waals surface area contributed by atoms with E-state index in [1.165, 1.54) is 6.07 Å². The van der Waals surface area contributed by atoms with Crippen molar-refractivity contribution in [1.82, 2.24) is 0 Å². The first-order valence-electron chi connectivity index (χ1n) is 5.86. The number of fused-ring (bicyclic) bond motifs is 1. The van der Waals surface area contributed by atoms with Crippen LogP contribution in [0, 0.1) is 5.82 Å². The van der Waals surface area contributed by atoms with Gasteiger partial charge >= 0.3 is 0 Å². The number of carbonyl (C=O) groups excluding carboxylic acids is 1. The Bertz CT molecular complexity index is 520. The molecule has 1 fully saturated rings. The molecular formula is C13H15FN2O. The predicted octanol–water partition coefficient (Wildman–Crippen LogP) is 2.19. The summed E-state index contributed by atoms with van der Waals surface area (Å²) in [6.07, 6.45) is 2.05. The quantitative estimate of drug-likeness (QED) is 0.757. The van der Waals surface area contributed by atoms with Crippen LogP contribution in [0.15, 0.2) is 12.1 Å². The molecule has 0 unspecified atom stereocenters. The lowest BCUT2D eigenvalue weighted by Gasteiger charge is -2.19. The van der Waals surface area contributed by atoms with Crippen LogP contribution in [-0.2, 0) is 10.2 Å². The Morgan fingerprint density at radius 3 is 2.65 bits per heavy atom. The van der Waals surface area contributed by atoms with E-state index in [0.29, 0.717) is 0 Å². The van der Waals surface area contributed by atoms with Crippen molar-refractivity contribution >= 4 is 17.3 Å². The number of nitrogens with zero attached hydrogens (tertiary/aromatic N) is 1. The van der Waals surface area contributed by atoms with Crippen molar-refractivity contribution in [1.29, 1.82) is 0 Å². The standard InChI is InChI=1S/C13H15FN2O/c1-13(2)8-5-9(14)10(15)6-11(8)16(12(13)17)7-3-4-7/h5-7H,3-4,15H2,1-2H3. The number of hydrogen-bond donors (Lipinski definition) is 1. The molecule has 2 aliphatic rings. The van der Waals surface area contributed by atoms with Crippen molar-refractivity contribution in [3.8, 4) is 0 Å². The van der Waals surface area contributed by atoms with E-state index < -0.39 is 11.2 Å². The minimum Gasteiger partial charge on any atom is -0.396 e. The fourth-order valence-corrected chi connectivity index (χ4v) is 2.50. The van der Waals surface area contributed by atoms with E-state index >= 15 is 0 Å². The van der Waals surface area contributed by atoms with Gasteiger partial charge in [0.05, 0.1) is 16.8 Å². The summed E-state index contributed by atoms with van der Waals surface area (Å²) in [5.41, 5.74) is 6.61. The molecule has 0 radical (unpaired) electrons. The zero-order valence-electron chi connectivity index (χ0n) is 9.96. The molecular weight excluding hydrogens is 219 g/mol. The van der Waals surface area contributed by atoms with Gasteiger partial charge in [-0.1, -0.05) is 0 Å². The summed E-state index contributed by atoms with van der Waals surface area (Å²) in [4.78, 5) is 14.1. The number of nitrogen functional groups attached to an aromatic ring is 1. The third-order valence-electron chi connectivity index (χ3n) is 3.71. The molecule has 1 aliphatic heterocycles. The molecule has 3 rings (SSSR count). The molecule has 1 amide bonds. The van der Waals surface area contributed by atoms with E-state index in [1.807, 2.05) is 13.8 Å². The second-order valence-electron chi connectivity index (χ2n) is 5.42. The number of carbonyl (C=O) groups is 1. The average molecular weight is 234 g/mol. The van der Waals surface area contributed by atoms with Gasteiger partial charge in [-0.05, 0) is 44.4 Å². The summed E-state index contributed by atoms with van der Waals surface area (Å²) in [5.74, 6) is -0.387. The zero-order chi connectivity index (χ0) is 12.4. The number of amides is 1. The second kappa shape index (κ2) is 3.00. The second-order valence-corrected chi connectivity index (χ2v) is 5.42. The molecule has 4 heteroatoms. The van der Waals surface area contributed by atoms with E-state index in [-0.39, 0.29) is 17.6 Å². The topological polar surface area (TPSA) is 46.3 Å². The molecule has 1 heterocycles. The largest absolute Gasteiger partial charge is 0.396 e. The maximum atomic E-state index is 13.5. The minimum absolute atomic E-state index is 0.0556. The smallest absolute Gasteiger partial charge is 0.237 e. The molecule has 17 heavy (non-hydrogen) atoms. The maximum absolute atomic E-state index is 13.5. The molecule has 0 bridgehead atoms. The highest BCUT2D eigenvalue weighted by Gasteiger charge is 2.49. The number of rotatable bonds is 1. The molecule has 0 spiro atoms. The van der Waals surface area contributed by atoms with Gasteiger partial charge in [0, 0.05) is 6.04 Å². The van der Waals surface area contributed by atoms with Gasteiger partial charge < -0.3 is 10.6 Å². The molecule has 0 saturated heterocycles. The molecule has 1 aromatic rings. The summed E-state index contributed by atoms with van der Waals surface area (Å²) in [5, 5.41) is 0. The Labute approximate surface area is 99.4 Å². The average Bonchev–Trinajstić information content (AvgIpc) is 3.04. The molecule has 2 N–H and O–H groups in total. The van der Waals surface area contributed by atoms with Gasteiger partial charge in [0.2, 0.25) is 5.91 Å². The van der Waals surface area contributed by atoms with E-state index in [4.69, 9.17) is 5.73 Å². The summed E-state index contributed by atoms with van der Waals surface area (Å²) >= 11 is 0. The van der Waals surface area contributed by atoms with Crippen molar-refractivity contribution in [2.45, 2.75) is 38.1 Å². The lowest BCUT2D eigenvalue weighted by atomic mass is 9.86. The first kappa shape index (κ1) is 10.6. The highest BCUT2D eigenvalue weighted by molar-refractivity contribution is 6.08. The normalized spacial score (nSPS) is 21.8. The highest BCUT2D eigenvalue weighted by atomic mass is 19.1. The molecule has 1 aromatic carbocycles. The van der Waals surface area contributed by atoms with Gasteiger partial charge in [-0.2, -0.15) is 0 Å². The van der Waals surface area contributed by atoms with Crippen LogP contribution >= 0.6 is 0 Å². The number of nitrogens with two attached hydrogens (primary N) is 1. The van der Waals surface area contributed by atoms with Crippen LogP contribution in [0.3, 0.4) is 0 Å². The summed E-state index contributed by atoms with van der Waals surface area (Å²) in [6, 6.07) is 3.29. The van der Waals surface area contributed by atoms with Crippen LogP contribution in [0.25, 0.3) is 0 Å². The third-order valence-corrected chi connectivity index (χ3v) is 3.71. The van der Waals surface area contributed by atoms with E-state index in [0.717, 1.165) is 24.1 Å². The first-order chi connectivity index (χ1) is 7.93. The molecule has 90 valence electrons. The predicted molar refractivity (Wildman–Crippen MR) is 64.3 cm³/mol. The van der Waals surface area contributed by atoms with Crippen molar-refractivity contribution in [3.63, 3.8) is 0 Å². The van der Waals surface area contributed by atoms with Crippen molar-refractivity contribution in [3.05, 3.63) is 23.5 Å². The Morgan fingerprint density at radius 1 is 1.41 bits per heavy atom. The van der Waals surface area contributed by atoms with Crippen molar-refractivity contribution in [2.75, 3.05) is 10.6 Å². The summed E-state index contributed by atoms with van der Waals surface area (Å²) in [7, 11) is 0. The van der Waals surface area contributed by atoms with Gasteiger partial charge in [-0.15, -0.1) is 0 Å². The fraction of sp³-hybridized carbons (Fsp3) is 0.462. The lowest BCUT2D eigenvalue weighted by molar-refractivity contribution is -0.122. The summed E-state index contributed by atoms with van der Waals surface area (Å²) in [6.45, 7) is 3.68. The van der Waals surface area contributed by atoms with Crippen LogP contribution in [0.2, 0.25) is 0 Å². The number of hydrogen-bond acceptors (Lipinski definition) is 2. The molecule has 1 saturated carbocycles. The number of benzene rings is 1. The van der Waals surface area contributed by atoms with Crippen LogP contribution in [-0.4, -0.2) is 11.9 Å². The van der Waals surface area contributed by atoms with Crippen LogP contribution in [0.5, 0.6) is 0 Å². The van der Waals surface area contributed by atoms with Gasteiger partial charge in [0.1, 0.15) is 5.82 Å². The van der Waals surface area contributed by atoms with Gasteiger partial charge in [0.25, 0.3) is 0 Å². The number of halogens is 1. The van der Waals surface area contributed by atoms with Crippen molar-refractivity contribution < 1.29 is 9.18 Å². The van der Waals surface area contributed by atoms with Crippen LogP contribution in [0.4, 0.5) is 15.8 Å². The van der Waals surface area contributed by atoms with E-state index in [9.17, 15) is 9.18 Å². The van der Waals surface area contributed by atoms with Gasteiger partial charge in [-0.3, -0.25) is 4.79 Å².